The number of carbonyl (C=O) groups is 4. The van der Waals surface area contributed by atoms with Gasteiger partial charge in [-0.15, -0.1) is 11.6 Å². The van der Waals surface area contributed by atoms with E-state index in [1.54, 1.807) is 50.6 Å². The average Bonchev–Trinajstić information content (AvgIpc) is 3.26. The Morgan fingerprint density at radius 3 is 1.59 bits per heavy atom. The predicted molar refractivity (Wildman–Crippen MR) is 223 cm³/mol. The summed E-state index contributed by atoms with van der Waals surface area (Å²) in [6.07, 6.45) is 12.6. The van der Waals surface area contributed by atoms with Gasteiger partial charge in [0.05, 0.1) is 17.0 Å². The molecule has 2 aliphatic rings. The summed E-state index contributed by atoms with van der Waals surface area (Å²) in [5, 5.41) is 34.0. The number of aldehydes is 4. The normalized spacial score (nSPS) is 12.9. The van der Waals surface area contributed by atoms with E-state index in [-0.39, 0.29) is 40.9 Å². The third kappa shape index (κ3) is 13.8. The molecule has 0 fully saturated rings. The number of phenols is 3. The lowest BCUT2D eigenvalue weighted by molar-refractivity contribution is -0.105. The number of halogens is 1. The van der Waals surface area contributed by atoms with Crippen LogP contribution in [0.15, 0.2) is 109 Å². The van der Waals surface area contributed by atoms with Gasteiger partial charge >= 0.3 is 0 Å². The number of ether oxygens (including phenoxy) is 5. The number of carbonyl (C=O) groups excluding carboxylic acids is 4. The van der Waals surface area contributed by atoms with E-state index in [9.17, 15) is 24.3 Å². The molecule has 2 heterocycles. The highest BCUT2D eigenvalue weighted by Crippen LogP contribution is 2.34. The van der Waals surface area contributed by atoms with Crippen LogP contribution < -0.4 is 34.3 Å². The molecule has 2 aliphatic heterocycles. The molecule has 0 amide bonds. The lowest BCUT2D eigenvalue weighted by atomic mass is 10.1. The van der Waals surface area contributed by atoms with Crippen molar-refractivity contribution in [2.45, 2.75) is 13.8 Å². The Kier molecular flexibility index (Phi) is 17.5. The van der Waals surface area contributed by atoms with Crippen molar-refractivity contribution >= 4 is 48.1 Å². The van der Waals surface area contributed by atoms with Gasteiger partial charge in [0, 0.05) is 59.2 Å². The number of benzene rings is 4. The van der Waals surface area contributed by atoms with E-state index in [1.165, 1.54) is 18.2 Å². The van der Waals surface area contributed by atoms with Crippen LogP contribution in [0.4, 0.5) is 11.4 Å². The third-order valence-corrected chi connectivity index (χ3v) is 8.48. The van der Waals surface area contributed by atoms with E-state index in [4.69, 9.17) is 45.5 Å². The Hall–Kier alpha value is -7.19. The monoisotopic (exact) mass is 826 g/mol. The molecule has 0 spiro atoms. The van der Waals surface area contributed by atoms with E-state index in [0.717, 1.165) is 35.2 Å². The van der Waals surface area contributed by atoms with Gasteiger partial charge in [0.25, 0.3) is 0 Å². The van der Waals surface area contributed by atoms with Crippen LogP contribution in [0.1, 0.15) is 31.8 Å². The summed E-state index contributed by atoms with van der Waals surface area (Å²) in [5.74, 6) is 3.13. The second kappa shape index (κ2) is 23.1. The maximum atomic E-state index is 11.3. The SMILES string of the molecule is Cc1cc(C=O)c(O)cc1O.Cc1cc(C=O)c(O)cc1OC/C(C=O)=C/C=C\Nc1ccc2c(c1)OCCO2.O=C/C(=C\C=C/Nc1ccc2c(c1)OCCO2)CCl. The van der Waals surface area contributed by atoms with Gasteiger partial charge in [-0.3, -0.25) is 19.2 Å². The molecule has 6 rings (SSSR count). The van der Waals surface area contributed by atoms with Gasteiger partial charge in [-0.2, -0.15) is 0 Å². The molecule has 0 unspecified atom stereocenters. The van der Waals surface area contributed by atoms with Gasteiger partial charge < -0.3 is 49.6 Å². The van der Waals surface area contributed by atoms with Crippen LogP contribution in [-0.4, -0.2) is 79.4 Å². The molecule has 0 saturated heterocycles. The Morgan fingerprint density at radius 2 is 1.10 bits per heavy atom. The molecule has 4 aromatic carbocycles. The van der Waals surface area contributed by atoms with Gasteiger partial charge in [0.2, 0.25) is 0 Å². The van der Waals surface area contributed by atoms with Crippen LogP contribution in [0.2, 0.25) is 0 Å². The van der Waals surface area contributed by atoms with Crippen molar-refractivity contribution in [1.82, 2.24) is 0 Å². The van der Waals surface area contributed by atoms with Gasteiger partial charge in [-0.05, 0) is 73.5 Å². The van der Waals surface area contributed by atoms with Crippen molar-refractivity contribution in [2.75, 3.05) is 49.5 Å². The smallest absolute Gasteiger partial charge is 0.163 e. The predicted octanol–water partition coefficient (Wildman–Crippen LogP) is 7.38. The molecular formula is C44H43ClN2O12. The molecule has 0 aromatic heterocycles. The van der Waals surface area contributed by atoms with E-state index in [0.29, 0.717) is 84.8 Å². The molecule has 0 radical (unpaired) electrons. The fourth-order valence-corrected chi connectivity index (χ4v) is 5.20. The molecule has 4 aromatic rings. The Balaban J connectivity index is 0.000000219. The van der Waals surface area contributed by atoms with Crippen LogP contribution in [0, 0.1) is 13.8 Å². The number of phenolic OH excluding ortho intramolecular Hbond substituents is 3. The maximum Gasteiger partial charge on any atom is 0.163 e. The van der Waals surface area contributed by atoms with Gasteiger partial charge in [-0.25, -0.2) is 0 Å². The second-order valence-corrected chi connectivity index (χ2v) is 12.7. The first-order valence-corrected chi connectivity index (χ1v) is 18.5. The first-order valence-electron chi connectivity index (χ1n) is 18.0. The third-order valence-electron chi connectivity index (χ3n) is 8.17. The number of allylic oxidation sites excluding steroid dienone is 5. The number of fused-ring (bicyclic) bond motifs is 2. The largest absolute Gasteiger partial charge is 0.508 e. The van der Waals surface area contributed by atoms with Crippen molar-refractivity contribution in [3.05, 3.63) is 131 Å². The first-order chi connectivity index (χ1) is 28.6. The topological polar surface area (TPSA) is 199 Å². The van der Waals surface area contributed by atoms with E-state index < -0.39 is 0 Å². The minimum absolute atomic E-state index is 0.00639. The summed E-state index contributed by atoms with van der Waals surface area (Å²) in [5.41, 5.74) is 4.28. The minimum atomic E-state index is -0.192. The number of nitrogens with one attached hydrogen (secondary N) is 2. The summed E-state index contributed by atoms with van der Waals surface area (Å²) in [7, 11) is 0. The van der Waals surface area contributed by atoms with Crippen molar-refractivity contribution < 1.29 is 58.2 Å². The summed E-state index contributed by atoms with van der Waals surface area (Å²) in [6, 6.07) is 16.6. The van der Waals surface area contributed by atoms with Gasteiger partial charge in [0.15, 0.2) is 35.6 Å². The van der Waals surface area contributed by atoms with Crippen LogP contribution in [0.5, 0.6) is 46.0 Å². The zero-order chi connectivity index (χ0) is 42.6. The molecular weight excluding hydrogens is 784 g/mol. The van der Waals surface area contributed by atoms with Crippen molar-refractivity contribution in [3.8, 4) is 46.0 Å². The number of alkyl halides is 1. The van der Waals surface area contributed by atoms with E-state index in [1.807, 2.05) is 36.4 Å². The summed E-state index contributed by atoms with van der Waals surface area (Å²) >= 11 is 5.56. The lowest BCUT2D eigenvalue weighted by Gasteiger charge is -2.18. The van der Waals surface area contributed by atoms with Crippen molar-refractivity contribution in [2.24, 2.45) is 0 Å². The number of hydrogen-bond donors (Lipinski definition) is 5. The molecule has 15 heteroatoms. The highest BCUT2D eigenvalue weighted by Gasteiger charge is 2.13. The zero-order valence-electron chi connectivity index (χ0n) is 32.2. The summed E-state index contributed by atoms with van der Waals surface area (Å²) < 4.78 is 27.5. The van der Waals surface area contributed by atoms with E-state index >= 15 is 0 Å². The number of aromatic hydroxyl groups is 3. The number of anilines is 2. The van der Waals surface area contributed by atoms with Crippen molar-refractivity contribution in [3.63, 3.8) is 0 Å². The van der Waals surface area contributed by atoms with Crippen LogP contribution in [0.3, 0.4) is 0 Å². The molecule has 14 nitrogen and oxygen atoms in total. The quantitative estimate of drug-likeness (QED) is 0.0365. The molecule has 308 valence electrons. The van der Waals surface area contributed by atoms with Crippen LogP contribution in [0.25, 0.3) is 0 Å². The zero-order valence-corrected chi connectivity index (χ0v) is 32.9. The highest BCUT2D eigenvalue weighted by molar-refractivity contribution is 6.21. The fourth-order valence-electron chi connectivity index (χ4n) is 5.05. The number of aryl methyl sites for hydroxylation is 2. The average molecular weight is 827 g/mol. The van der Waals surface area contributed by atoms with Crippen LogP contribution >= 0.6 is 11.6 Å². The van der Waals surface area contributed by atoms with E-state index in [2.05, 4.69) is 10.6 Å². The van der Waals surface area contributed by atoms with Gasteiger partial charge in [-0.1, -0.05) is 12.2 Å². The molecule has 5 N–H and O–H groups in total. The molecule has 0 saturated carbocycles. The minimum Gasteiger partial charge on any atom is -0.508 e. The summed E-state index contributed by atoms with van der Waals surface area (Å²) in [4.78, 5) is 42.9. The molecule has 0 atom stereocenters. The number of hydrogen-bond acceptors (Lipinski definition) is 14. The number of rotatable bonds is 14. The fraction of sp³-hybridized carbons (Fsp3) is 0.182. The Labute approximate surface area is 345 Å². The maximum absolute atomic E-state index is 11.3. The van der Waals surface area contributed by atoms with Crippen molar-refractivity contribution in [1.29, 1.82) is 0 Å². The highest BCUT2D eigenvalue weighted by atomic mass is 35.5. The standard InChI is InChI=1S/C22H21NO6.C14H14ClNO3.C8H8O3/c1-15-9-17(13-25)19(26)11-21(15)29-14-16(12-24)3-2-6-23-18-4-5-20-22(10-18)28-8-7-27-20;15-9-11(10-17)2-1-5-16-12-3-4-13-14(8-12)19-7-6-18-13;1-5-2-6(4-9)8(11)3-7(5)10/h2-6,9-13,23,26H,7-8,14H2,1H3;1-5,8,10,16H,6-7,9H2;2-4,10-11H,1H3/b6-2-,16-3+;5-1-,11-2-;. The Bertz CT molecular complexity index is 2230. The van der Waals surface area contributed by atoms with Crippen LogP contribution in [-0.2, 0) is 9.59 Å². The molecule has 0 bridgehead atoms. The van der Waals surface area contributed by atoms with Gasteiger partial charge in [0.1, 0.15) is 68.6 Å². The molecule has 0 aliphatic carbocycles. The second-order valence-electron chi connectivity index (χ2n) is 12.5. The molecule has 59 heavy (non-hydrogen) atoms. The summed E-state index contributed by atoms with van der Waals surface area (Å²) in [6.45, 7) is 5.64. The first kappa shape index (κ1) is 44.5. The lowest BCUT2D eigenvalue weighted by Crippen LogP contribution is -2.15. The Morgan fingerprint density at radius 1 is 0.627 bits per heavy atom.